The van der Waals surface area contributed by atoms with Gasteiger partial charge >= 0.3 is 6.09 Å². The molecule has 0 aromatic carbocycles. The second kappa shape index (κ2) is 6.76. The Balaban J connectivity index is 2.70. The first kappa shape index (κ1) is 15.8. The van der Waals surface area contributed by atoms with Crippen LogP contribution in [0.4, 0.5) is 9.93 Å². The lowest BCUT2D eigenvalue weighted by Crippen LogP contribution is -2.27. The fraction of sp³-hybridized carbons (Fsp3) is 0.545. The zero-order valence-electron chi connectivity index (χ0n) is 11.3. The molecule has 1 aromatic heterocycles. The highest BCUT2D eigenvalue weighted by Gasteiger charge is 2.17. The summed E-state index contributed by atoms with van der Waals surface area (Å²) in [5.74, 6) is 0.392. The van der Waals surface area contributed by atoms with E-state index in [0.29, 0.717) is 22.3 Å². The van der Waals surface area contributed by atoms with Gasteiger partial charge in [-0.2, -0.15) is 12.6 Å². The first-order chi connectivity index (χ1) is 8.85. The molecule has 0 bridgehead atoms. The summed E-state index contributed by atoms with van der Waals surface area (Å²) >= 11 is 5.42. The van der Waals surface area contributed by atoms with E-state index in [1.165, 1.54) is 18.4 Å². The maximum absolute atomic E-state index is 11.6. The molecule has 8 heteroatoms. The standard InChI is InChI=1S/C11H17N3O3S2/c1-11(2,3)17-10(15)13-9-12-8(6-19-9)7(5-18)14-16-4/h6,18H,5H2,1-4H3,(H,12,13,15)/b14-7+. The number of nitrogens with zero attached hydrogens (tertiary/aromatic N) is 2. The SMILES string of the molecule is CO/N=C(\CS)c1csc(NC(=O)OC(C)(C)C)n1. The van der Waals surface area contributed by atoms with Crippen LogP contribution in [-0.4, -0.2) is 35.3 Å². The molecule has 0 saturated heterocycles. The Hall–Kier alpha value is -1.28. The van der Waals surface area contributed by atoms with E-state index in [4.69, 9.17) is 9.57 Å². The summed E-state index contributed by atoms with van der Waals surface area (Å²) in [6.07, 6.45) is -0.537. The van der Waals surface area contributed by atoms with Gasteiger partial charge in [0, 0.05) is 11.1 Å². The van der Waals surface area contributed by atoms with Crippen LogP contribution in [0.25, 0.3) is 0 Å². The predicted octanol–water partition coefficient (Wildman–Crippen LogP) is 2.77. The van der Waals surface area contributed by atoms with E-state index in [1.807, 2.05) is 0 Å². The van der Waals surface area contributed by atoms with Crippen LogP contribution in [0.5, 0.6) is 0 Å². The van der Waals surface area contributed by atoms with Crippen molar-refractivity contribution in [2.24, 2.45) is 5.16 Å². The monoisotopic (exact) mass is 303 g/mol. The number of amides is 1. The zero-order chi connectivity index (χ0) is 14.5. The van der Waals surface area contributed by atoms with Crippen LogP contribution in [0.2, 0.25) is 0 Å². The lowest BCUT2D eigenvalue weighted by molar-refractivity contribution is 0.0636. The molecule has 106 valence electrons. The molecule has 0 atom stereocenters. The van der Waals surface area contributed by atoms with Crippen molar-refractivity contribution in [1.82, 2.24) is 4.98 Å². The molecule has 1 rings (SSSR count). The summed E-state index contributed by atoms with van der Waals surface area (Å²) in [6.45, 7) is 5.39. The van der Waals surface area contributed by atoms with Gasteiger partial charge in [0.05, 0.1) is 0 Å². The number of thiazole rings is 1. The first-order valence-corrected chi connectivity index (χ1v) is 7.03. The third kappa shape index (κ3) is 5.48. The van der Waals surface area contributed by atoms with Crippen LogP contribution >= 0.6 is 24.0 Å². The molecule has 1 N–H and O–H groups in total. The molecule has 6 nitrogen and oxygen atoms in total. The van der Waals surface area contributed by atoms with Gasteiger partial charge in [-0.25, -0.2) is 9.78 Å². The van der Waals surface area contributed by atoms with Crippen molar-refractivity contribution >= 4 is 40.9 Å². The highest BCUT2D eigenvalue weighted by Crippen LogP contribution is 2.18. The average molecular weight is 303 g/mol. The van der Waals surface area contributed by atoms with Crippen molar-refractivity contribution in [3.8, 4) is 0 Å². The predicted molar refractivity (Wildman–Crippen MR) is 79.4 cm³/mol. The maximum atomic E-state index is 11.6. The Morgan fingerprint density at radius 1 is 1.58 bits per heavy atom. The van der Waals surface area contributed by atoms with Gasteiger partial charge in [0.25, 0.3) is 0 Å². The number of hydrogen-bond acceptors (Lipinski definition) is 7. The number of aromatic nitrogens is 1. The molecule has 0 fully saturated rings. The normalized spacial score (nSPS) is 12.2. The minimum absolute atomic E-state index is 0.392. The fourth-order valence-electron chi connectivity index (χ4n) is 1.12. The van der Waals surface area contributed by atoms with E-state index in [-0.39, 0.29) is 0 Å². The van der Waals surface area contributed by atoms with Gasteiger partial charge in [-0.15, -0.1) is 11.3 Å². The van der Waals surface area contributed by atoms with Crippen LogP contribution in [0.1, 0.15) is 26.5 Å². The van der Waals surface area contributed by atoms with E-state index < -0.39 is 11.7 Å². The topological polar surface area (TPSA) is 72.8 Å². The van der Waals surface area contributed by atoms with Gasteiger partial charge in [0.2, 0.25) is 0 Å². The summed E-state index contributed by atoms with van der Waals surface area (Å²) in [6, 6.07) is 0. The molecule has 19 heavy (non-hydrogen) atoms. The van der Waals surface area contributed by atoms with Gasteiger partial charge in [-0.1, -0.05) is 5.16 Å². The minimum atomic E-state index is -0.544. The number of anilines is 1. The summed E-state index contributed by atoms with van der Waals surface area (Å²) in [5.41, 5.74) is 0.671. The lowest BCUT2D eigenvalue weighted by atomic mass is 10.2. The van der Waals surface area contributed by atoms with Crippen molar-refractivity contribution in [1.29, 1.82) is 0 Å². The molecular formula is C11H17N3O3S2. The number of ether oxygens (including phenoxy) is 1. The Morgan fingerprint density at radius 2 is 2.26 bits per heavy atom. The van der Waals surface area contributed by atoms with Gasteiger partial charge < -0.3 is 9.57 Å². The fourth-order valence-corrected chi connectivity index (χ4v) is 2.05. The Bertz CT molecular complexity index is 466. The molecule has 0 saturated carbocycles. The van der Waals surface area contributed by atoms with E-state index in [2.05, 4.69) is 28.1 Å². The highest BCUT2D eigenvalue weighted by atomic mass is 32.1. The largest absolute Gasteiger partial charge is 0.444 e. The van der Waals surface area contributed by atoms with E-state index in [1.54, 1.807) is 26.2 Å². The number of carbonyl (C=O) groups excluding carboxylic acids is 1. The molecule has 0 spiro atoms. The van der Waals surface area contributed by atoms with Crippen LogP contribution in [-0.2, 0) is 9.57 Å². The third-order valence-corrected chi connectivity index (χ3v) is 2.82. The van der Waals surface area contributed by atoms with E-state index in [9.17, 15) is 4.79 Å². The molecular weight excluding hydrogens is 286 g/mol. The van der Waals surface area contributed by atoms with Gasteiger partial charge in [0.15, 0.2) is 5.13 Å². The van der Waals surface area contributed by atoms with Crippen molar-refractivity contribution in [2.75, 3.05) is 18.2 Å². The third-order valence-electron chi connectivity index (χ3n) is 1.76. The van der Waals surface area contributed by atoms with E-state index in [0.717, 1.165) is 0 Å². The summed E-state index contributed by atoms with van der Waals surface area (Å²) in [7, 11) is 1.45. The molecule has 1 heterocycles. The van der Waals surface area contributed by atoms with Crippen LogP contribution in [0.15, 0.2) is 10.5 Å². The van der Waals surface area contributed by atoms with Crippen molar-refractivity contribution in [3.63, 3.8) is 0 Å². The van der Waals surface area contributed by atoms with Crippen LogP contribution in [0, 0.1) is 0 Å². The van der Waals surface area contributed by atoms with Crippen molar-refractivity contribution < 1.29 is 14.4 Å². The first-order valence-electron chi connectivity index (χ1n) is 5.52. The summed E-state index contributed by atoms with van der Waals surface area (Å²) in [5, 5.41) is 8.58. The molecule has 0 aliphatic carbocycles. The molecule has 1 aromatic rings. The number of nitrogens with one attached hydrogen (secondary N) is 1. The highest BCUT2D eigenvalue weighted by molar-refractivity contribution is 7.81. The number of thiol groups is 1. The van der Waals surface area contributed by atoms with Gasteiger partial charge in [0.1, 0.15) is 24.1 Å². The van der Waals surface area contributed by atoms with Crippen molar-refractivity contribution in [3.05, 3.63) is 11.1 Å². The van der Waals surface area contributed by atoms with Crippen LogP contribution in [0.3, 0.4) is 0 Å². The van der Waals surface area contributed by atoms with Crippen LogP contribution < -0.4 is 5.32 Å². The zero-order valence-corrected chi connectivity index (χ0v) is 13.0. The average Bonchev–Trinajstić information content (AvgIpc) is 2.71. The molecule has 0 radical (unpaired) electrons. The summed E-state index contributed by atoms with van der Waals surface area (Å²) in [4.78, 5) is 20.5. The molecule has 0 unspecified atom stereocenters. The quantitative estimate of drug-likeness (QED) is 0.509. The molecule has 0 aliphatic rings. The number of oxime groups is 1. The smallest absolute Gasteiger partial charge is 0.413 e. The van der Waals surface area contributed by atoms with Gasteiger partial charge in [-0.3, -0.25) is 5.32 Å². The molecule has 1 amide bonds. The Kier molecular flexibility index (Phi) is 5.61. The number of carbonyl (C=O) groups is 1. The Morgan fingerprint density at radius 3 is 2.79 bits per heavy atom. The van der Waals surface area contributed by atoms with Gasteiger partial charge in [-0.05, 0) is 20.8 Å². The summed E-state index contributed by atoms with van der Waals surface area (Å²) < 4.78 is 5.13. The molecule has 0 aliphatic heterocycles. The number of hydrogen-bond donors (Lipinski definition) is 2. The number of rotatable bonds is 4. The maximum Gasteiger partial charge on any atom is 0.413 e. The second-order valence-corrected chi connectivity index (χ2v) is 5.72. The van der Waals surface area contributed by atoms with Crippen molar-refractivity contribution in [2.45, 2.75) is 26.4 Å². The minimum Gasteiger partial charge on any atom is -0.444 e. The lowest BCUT2D eigenvalue weighted by Gasteiger charge is -2.18. The van der Waals surface area contributed by atoms with E-state index >= 15 is 0 Å². The second-order valence-electron chi connectivity index (χ2n) is 4.54. The Labute approximate surface area is 121 Å².